The van der Waals surface area contributed by atoms with E-state index >= 15 is 0 Å². The quantitative estimate of drug-likeness (QED) is 0.856. The molecule has 0 aliphatic carbocycles. The first-order valence-corrected chi connectivity index (χ1v) is 5.45. The molecule has 1 heterocycles. The van der Waals surface area contributed by atoms with Gasteiger partial charge in [-0.3, -0.25) is 9.36 Å². The molecule has 0 unspecified atom stereocenters. The van der Waals surface area contributed by atoms with Crippen molar-refractivity contribution in [2.24, 2.45) is 0 Å². The van der Waals surface area contributed by atoms with Crippen LogP contribution in [-0.4, -0.2) is 22.2 Å². The minimum absolute atomic E-state index is 0.0199. The number of fused-ring (bicyclic) bond motifs is 1. The van der Waals surface area contributed by atoms with Gasteiger partial charge in [-0.2, -0.15) is 0 Å². The molecule has 1 N–H and O–H groups in total. The van der Waals surface area contributed by atoms with Crippen molar-refractivity contribution in [1.82, 2.24) is 4.57 Å². The molecule has 0 atom stereocenters. The minimum atomic E-state index is 0.0199. The second-order valence-corrected chi connectivity index (χ2v) is 3.89. The predicted molar refractivity (Wildman–Crippen MR) is 63.6 cm³/mol. The van der Waals surface area contributed by atoms with Crippen LogP contribution in [0.25, 0.3) is 10.9 Å². The fourth-order valence-corrected chi connectivity index (χ4v) is 1.98. The molecule has 3 heteroatoms. The zero-order valence-electron chi connectivity index (χ0n) is 9.31. The first-order valence-electron chi connectivity index (χ1n) is 5.45. The highest BCUT2D eigenvalue weighted by atomic mass is 16.2. The summed E-state index contributed by atoms with van der Waals surface area (Å²) >= 11 is 0. The van der Waals surface area contributed by atoms with Crippen LogP contribution in [0.2, 0.25) is 0 Å². The van der Waals surface area contributed by atoms with Crippen molar-refractivity contribution < 1.29 is 9.90 Å². The predicted octanol–water partition coefficient (Wildman–Crippen LogP) is 2.23. The summed E-state index contributed by atoms with van der Waals surface area (Å²) in [5, 5.41) is 9.94. The highest BCUT2D eigenvalue weighted by Crippen LogP contribution is 2.22. The summed E-state index contributed by atoms with van der Waals surface area (Å²) in [6.07, 6.45) is 3.41. The van der Waals surface area contributed by atoms with Crippen molar-refractivity contribution in [3.63, 3.8) is 0 Å². The van der Waals surface area contributed by atoms with E-state index < -0.39 is 0 Å². The highest BCUT2D eigenvalue weighted by molar-refractivity contribution is 5.93. The first-order chi connectivity index (χ1) is 7.74. The molecule has 2 aromatic rings. The van der Waals surface area contributed by atoms with Gasteiger partial charge in [-0.15, -0.1) is 0 Å². The lowest BCUT2D eigenvalue weighted by Crippen LogP contribution is -2.02. The molecular weight excluding hydrogens is 202 g/mol. The lowest BCUT2D eigenvalue weighted by molar-refractivity contribution is 0.0941. The molecule has 0 saturated carbocycles. The summed E-state index contributed by atoms with van der Waals surface area (Å²) in [6, 6.07) is 7.85. The van der Waals surface area contributed by atoms with E-state index in [0.29, 0.717) is 0 Å². The van der Waals surface area contributed by atoms with Crippen molar-refractivity contribution in [3.8, 4) is 0 Å². The van der Waals surface area contributed by atoms with Crippen LogP contribution in [-0.2, 0) is 6.42 Å². The third-order valence-electron chi connectivity index (χ3n) is 2.74. The third kappa shape index (κ3) is 1.86. The number of aliphatic hydroxyl groups excluding tert-OH is 1. The summed E-state index contributed by atoms with van der Waals surface area (Å²) in [4.78, 5) is 11.5. The Labute approximate surface area is 94.3 Å². The zero-order chi connectivity index (χ0) is 11.5. The number of nitrogens with zero attached hydrogens (tertiary/aromatic N) is 1. The summed E-state index contributed by atoms with van der Waals surface area (Å²) < 4.78 is 1.67. The van der Waals surface area contributed by atoms with E-state index in [-0.39, 0.29) is 12.5 Å². The van der Waals surface area contributed by atoms with Gasteiger partial charge in [-0.1, -0.05) is 18.2 Å². The molecule has 84 valence electrons. The van der Waals surface area contributed by atoms with Gasteiger partial charge in [0.2, 0.25) is 5.91 Å². The summed E-state index contributed by atoms with van der Waals surface area (Å²) in [7, 11) is 0. The number of carbonyl (C=O) groups is 1. The fraction of sp³-hybridized carbons (Fsp3) is 0.308. The molecule has 0 aliphatic rings. The number of hydrogen-bond donors (Lipinski definition) is 1. The maximum absolute atomic E-state index is 11.5. The maximum atomic E-state index is 11.5. The largest absolute Gasteiger partial charge is 0.396 e. The molecular formula is C13H15NO2. The molecule has 3 nitrogen and oxygen atoms in total. The topological polar surface area (TPSA) is 42.2 Å². The van der Waals surface area contributed by atoms with E-state index in [2.05, 4.69) is 0 Å². The van der Waals surface area contributed by atoms with E-state index in [1.54, 1.807) is 11.5 Å². The van der Waals surface area contributed by atoms with Crippen LogP contribution in [0.15, 0.2) is 30.5 Å². The molecule has 0 amide bonds. The highest BCUT2D eigenvalue weighted by Gasteiger charge is 2.09. The van der Waals surface area contributed by atoms with Crippen LogP contribution in [0.3, 0.4) is 0 Å². The second kappa shape index (κ2) is 4.49. The number of benzene rings is 1. The number of para-hydroxylation sites is 1. The third-order valence-corrected chi connectivity index (χ3v) is 2.74. The van der Waals surface area contributed by atoms with E-state index in [9.17, 15) is 4.79 Å². The monoisotopic (exact) mass is 217 g/mol. The van der Waals surface area contributed by atoms with E-state index in [1.807, 2.05) is 30.5 Å². The summed E-state index contributed by atoms with van der Waals surface area (Å²) in [5.74, 6) is 0.0199. The average Bonchev–Trinajstić information content (AvgIpc) is 2.65. The number of aromatic nitrogens is 1. The van der Waals surface area contributed by atoms with E-state index in [4.69, 9.17) is 5.11 Å². The van der Waals surface area contributed by atoms with Crippen LogP contribution in [0.5, 0.6) is 0 Å². The Morgan fingerprint density at radius 2 is 2.12 bits per heavy atom. The SMILES string of the molecule is CC(=O)n1cc(CCCO)c2ccccc21. The molecule has 0 spiro atoms. The molecule has 0 aliphatic heterocycles. The molecule has 1 aromatic heterocycles. The van der Waals surface area contributed by atoms with Crippen molar-refractivity contribution in [1.29, 1.82) is 0 Å². The number of aryl methyl sites for hydroxylation is 1. The van der Waals surface area contributed by atoms with Gasteiger partial charge in [-0.25, -0.2) is 0 Å². The van der Waals surface area contributed by atoms with Crippen LogP contribution in [0, 0.1) is 0 Å². The van der Waals surface area contributed by atoms with Crippen molar-refractivity contribution >= 4 is 16.8 Å². The van der Waals surface area contributed by atoms with Gasteiger partial charge < -0.3 is 5.11 Å². The first kappa shape index (κ1) is 10.9. The Bertz CT molecular complexity index is 514. The lowest BCUT2D eigenvalue weighted by atomic mass is 10.1. The van der Waals surface area contributed by atoms with Gasteiger partial charge in [-0.05, 0) is 24.5 Å². The zero-order valence-corrected chi connectivity index (χ0v) is 9.31. The number of aliphatic hydroxyl groups is 1. The van der Waals surface area contributed by atoms with Crippen LogP contribution < -0.4 is 0 Å². The Balaban J connectivity index is 2.53. The van der Waals surface area contributed by atoms with Gasteiger partial charge >= 0.3 is 0 Å². The van der Waals surface area contributed by atoms with Gasteiger partial charge in [0.1, 0.15) is 0 Å². The standard InChI is InChI=1S/C13H15NO2/c1-10(16)14-9-11(5-4-8-15)12-6-2-3-7-13(12)14/h2-3,6-7,9,15H,4-5,8H2,1H3. The Morgan fingerprint density at radius 1 is 1.38 bits per heavy atom. The normalized spacial score (nSPS) is 10.9. The fourth-order valence-electron chi connectivity index (χ4n) is 1.98. The van der Waals surface area contributed by atoms with Crippen LogP contribution in [0.4, 0.5) is 0 Å². The molecule has 0 bridgehead atoms. The minimum Gasteiger partial charge on any atom is -0.396 e. The van der Waals surface area contributed by atoms with Gasteiger partial charge in [0.05, 0.1) is 5.52 Å². The lowest BCUT2D eigenvalue weighted by Gasteiger charge is -1.97. The maximum Gasteiger partial charge on any atom is 0.227 e. The molecule has 1 aromatic carbocycles. The van der Waals surface area contributed by atoms with Gasteiger partial charge in [0.25, 0.3) is 0 Å². The van der Waals surface area contributed by atoms with Crippen molar-refractivity contribution in [2.45, 2.75) is 19.8 Å². The molecule has 0 saturated heterocycles. The summed E-state index contributed by atoms with van der Waals surface area (Å²) in [6.45, 7) is 1.74. The van der Waals surface area contributed by atoms with Crippen LogP contribution >= 0.6 is 0 Å². The smallest absolute Gasteiger partial charge is 0.227 e. The molecule has 0 fully saturated rings. The Kier molecular flexibility index (Phi) is 3.06. The summed E-state index contributed by atoms with van der Waals surface area (Å²) in [5.41, 5.74) is 2.07. The van der Waals surface area contributed by atoms with Crippen molar-refractivity contribution in [2.75, 3.05) is 6.61 Å². The van der Waals surface area contributed by atoms with Gasteiger partial charge in [0.15, 0.2) is 0 Å². The number of hydrogen-bond acceptors (Lipinski definition) is 2. The molecule has 2 rings (SSSR count). The number of carbonyl (C=O) groups excluding carboxylic acids is 1. The van der Waals surface area contributed by atoms with Crippen LogP contribution in [0.1, 0.15) is 23.7 Å². The van der Waals surface area contributed by atoms with Crippen molar-refractivity contribution in [3.05, 3.63) is 36.0 Å². The molecule has 0 radical (unpaired) electrons. The Morgan fingerprint density at radius 3 is 2.81 bits per heavy atom. The Hall–Kier alpha value is -1.61. The van der Waals surface area contributed by atoms with E-state index in [1.165, 1.54) is 0 Å². The number of rotatable bonds is 3. The molecule has 16 heavy (non-hydrogen) atoms. The second-order valence-electron chi connectivity index (χ2n) is 3.89. The average molecular weight is 217 g/mol. The van der Waals surface area contributed by atoms with E-state index in [0.717, 1.165) is 29.3 Å². The van der Waals surface area contributed by atoms with Gasteiger partial charge in [0, 0.05) is 25.1 Å².